The fraction of sp³-hybridized carbons (Fsp3) is 0.182. The van der Waals surface area contributed by atoms with Crippen LogP contribution in [0.3, 0.4) is 0 Å². The molecule has 0 saturated heterocycles. The van der Waals surface area contributed by atoms with Crippen LogP contribution in [0.4, 0.5) is 18.9 Å². The number of fused-ring (bicyclic) bond motifs is 2. The third kappa shape index (κ3) is 5.12. The number of H-pyrrole nitrogens is 1. The molecule has 4 aromatic carbocycles. The maximum absolute atomic E-state index is 13.4. The summed E-state index contributed by atoms with van der Waals surface area (Å²) in [6.07, 6.45) is -0.578. The molecule has 40 heavy (non-hydrogen) atoms. The largest absolute Gasteiger partial charge is 0.416 e. The number of aromatic nitrogens is 1. The number of aryl methyl sites for hydroxylation is 1. The number of rotatable bonds is 6. The number of benzene rings is 4. The standard InChI is InChI=1S/C33H28F3N3O/c1-20-5-4-7-29(31(20)21-9-12-25(13-10-21)33(34,35)36)32(40)39-26-14-11-22-15-27(17-23(22)16-26)37-18-24-19-38-30-8-3-2-6-28(24)30/h2-14,16,19,27,37-38H,15,17-18H2,1H3,(H,39,40). The highest BCUT2D eigenvalue weighted by molar-refractivity contribution is 6.09. The lowest BCUT2D eigenvalue weighted by Crippen LogP contribution is -2.28. The molecule has 0 aliphatic heterocycles. The molecule has 1 aromatic heterocycles. The van der Waals surface area contributed by atoms with E-state index < -0.39 is 11.7 Å². The summed E-state index contributed by atoms with van der Waals surface area (Å²) < 4.78 is 39.2. The van der Waals surface area contributed by atoms with Gasteiger partial charge in [0.15, 0.2) is 0 Å². The van der Waals surface area contributed by atoms with Gasteiger partial charge < -0.3 is 15.6 Å². The summed E-state index contributed by atoms with van der Waals surface area (Å²) >= 11 is 0. The van der Waals surface area contributed by atoms with Gasteiger partial charge in [0.1, 0.15) is 0 Å². The van der Waals surface area contributed by atoms with Gasteiger partial charge in [0.2, 0.25) is 0 Å². The lowest BCUT2D eigenvalue weighted by molar-refractivity contribution is -0.137. The van der Waals surface area contributed by atoms with Crippen LogP contribution in [0.5, 0.6) is 0 Å². The predicted octanol–water partition coefficient (Wildman–Crippen LogP) is 7.67. The highest BCUT2D eigenvalue weighted by atomic mass is 19.4. The van der Waals surface area contributed by atoms with Crippen LogP contribution in [-0.2, 0) is 25.6 Å². The van der Waals surface area contributed by atoms with Crippen molar-refractivity contribution < 1.29 is 18.0 Å². The van der Waals surface area contributed by atoms with Crippen LogP contribution in [0.1, 0.15) is 38.2 Å². The molecule has 1 aliphatic carbocycles. The molecule has 1 unspecified atom stereocenters. The molecule has 0 bridgehead atoms. The van der Waals surface area contributed by atoms with Gasteiger partial charge in [0, 0.05) is 40.9 Å². The molecule has 1 aliphatic rings. The van der Waals surface area contributed by atoms with Crippen molar-refractivity contribution in [1.82, 2.24) is 10.3 Å². The van der Waals surface area contributed by atoms with Gasteiger partial charge in [-0.3, -0.25) is 4.79 Å². The number of alkyl halides is 3. The second kappa shape index (κ2) is 10.3. The Hall–Kier alpha value is -4.36. The zero-order chi connectivity index (χ0) is 27.9. The number of aromatic amines is 1. The van der Waals surface area contributed by atoms with Crippen molar-refractivity contribution in [3.05, 3.63) is 125 Å². The zero-order valence-corrected chi connectivity index (χ0v) is 21.9. The normalized spacial score (nSPS) is 14.8. The number of hydrogen-bond donors (Lipinski definition) is 3. The summed E-state index contributed by atoms with van der Waals surface area (Å²) in [7, 11) is 0. The first-order valence-corrected chi connectivity index (χ1v) is 13.2. The maximum atomic E-state index is 13.4. The number of amides is 1. The lowest BCUT2D eigenvalue weighted by Gasteiger charge is -2.15. The van der Waals surface area contributed by atoms with Gasteiger partial charge in [-0.25, -0.2) is 0 Å². The third-order valence-electron chi connectivity index (χ3n) is 7.67. The highest BCUT2D eigenvalue weighted by Crippen LogP contribution is 2.34. The average molecular weight is 540 g/mol. The molecule has 1 amide bonds. The minimum atomic E-state index is -4.41. The summed E-state index contributed by atoms with van der Waals surface area (Å²) in [5, 5.41) is 7.91. The van der Waals surface area contributed by atoms with E-state index in [2.05, 4.69) is 40.0 Å². The van der Waals surface area contributed by atoms with Crippen LogP contribution in [-0.4, -0.2) is 16.9 Å². The molecular formula is C33H28F3N3O. The summed E-state index contributed by atoms with van der Waals surface area (Å²) in [6, 6.07) is 24.8. The first kappa shape index (κ1) is 25.9. The van der Waals surface area contributed by atoms with Crippen LogP contribution >= 0.6 is 0 Å². The number of para-hydroxylation sites is 1. The number of carbonyl (C=O) groups excluding carboxylic acids is 1. The Labute approximate surface area is 230 Å². The van der Waals surface area contributed by atoms with Crippen molar-refractivity contribution in [2.75, 3.05) is 5.32 Å². The third-order valence-corrected chi connectivity index (χ3v) is 7.67. The van der Waals surface area contributed by atoms with Gasteiger partial charge in [0.25, 0.3) is 5.91 Å². The van der Waals surface area contributed by atoms with Gasteiger partial charge >= 0.3 is 6.18 Å². The number of hydrogen-bond acceptors (Lipinski definition) is 2. The topological polar surface area (TPSA) is 56.9 Å². The Morgan fingerprint density at radius 2 is 1.70 bits per heavy atom. The number of anilines is 1. The molecule has 0 fully saturated rings. The fourth-order valence-electron chi connectivity index (χ4n) is 5.64. The molecule has 4 nitrogen and oxygen atoms in total. The molecule has 0 radical (unpaired) electrons. The SMILES string of the molecule is Cc1cccc(C(=O)Nc2ccc3c(c2)CC(NCc2c[nH]c4ccccc24)C3)c1-c1ccc(C(F)(F)F)cc1. The van der Waals surface area contributed by atoms with E-state index >= 15 is 0 Å². The van der Waals surface area contributed by atoms with E-state index in [1.165, 1.54) is 34.2 Å². The Bertz CT molecular complexity index is 1700. The van der Waals surface area contributed by atoms with E-state index in [9.17, 15) is 18.0 Å². The molecule has 3 N–H and O–H groups in total. The van der Waals surface area contributed by atoms with Crippen molar-refractivity contribution in [3.8, 4) is 11.1 Å². The fourth-order valence-corrected chi connectivity index (χ4v) is 5.64. The predicted molar refractivity (Wildman–Crippen MR) is 152 cm³/mol. The van der Waals surface area contributed by atoms with Crippen molar-refractivity contribution in [2.24, 2.45) is 0 Å². The second-order valence-electron chi connectivity index (χ2n) is 10.4. The van der Waals surface area contributed by atoms with Gasteiger partial charge in [-0.15, -0.1) is 0 Å². The Kier molecular flexibility index (Phi) is 6.68. The van der Waals surface area contributed by atoms with E-state index in [1.807, 2.05) is 37.3 Å². The Morgan fingerprint density at radius 3 is 2.50 bits per heavy atom. The molecule has 0 saturated carbocycles. The molecule has 0 spiro atoms. The van der Waals surface area contributed by atoms with Crippen molar-refractivity contribution >= 4 is 22.5 Å². The summed E-state index contributed by atoms with van der Waals surface area (Å²) in [5.41, 5.74) is 7.21. The number of nitrogens with one attached hydrogen (secondary N) is 3. The number of carbonyl (C=O) groups is 1. The van der Waals surface area contributed by atoms with Gasteiger partial charge in [-0.1, -0.05) is 48.5 Å². The quantitative estimate of drug-likeness (QED) is 0.207. The number of halogens is 3. The highest BCUT2D eigenvalue weighted by Gasteiger charge is 2.30. The first-order valence-electron chi connectivity index (χ1n) is 13.2. The molecule has 1 atom stereocenters. The Morgan fingerprint density at radius 1 is 0.925 bits per heavy atom. The maximum Gasteiger partial charge on any atom is 0.416 e. The van der Waals surface area contributed by atoms with E-state index in [4.69, 9.17) is 0 Å². The Balaban J connectivity index is 1.16. The average Bonchev–Trinajstić information content (AvgIpc) is 3.54. The molecular weight excluding hydrogens is 511 g/mol. The van der Waals surface area contributed by atoms with Gasteiger partial charge in [0.05, 0.1) is 5.56 Å². The minimum Gasteiger partial charge on any atom is -0.361 e. The summed E-state index contributed by atoms with van der Waals surface area (Å²) in [6.45, 7) is 2.62. The van der Waals surface area contributed by atoms with Crippen LogP contribution in [0.25, 0.3) is 22.0 Å². The molecule has 5 aromatic rings. The minimum absolute atomic E-state index is 0.300. The molecule has 1 heterocycles. The van der Waals surface area contributed by atoms with Crippen molar-refractivity contribution in [2.45, 2.75) is 38.5 Å². The van der Waals surface area contributed by atoms with Crippen LogP contribution in [0.2, 0.25) is 0 Å². The van der Waals surface area contributed by atoms with Gasteiger partial charge in [-0.05, 0) is 89.5 Å². The van der Waals surface area contributed by atoms with Gasteiger partial charge in [-0.2, -0.15) is 13.2 Å². The molecule has 6 rings (SSSR count). The van der Waals surface area contributed by atoms with Crippen LogP contribution in [0.15, 0.2) is 91.1 Å². The van der Waals surface area contributed by atoms with E-state index in [0.717, 1.165) is 42.6 Å². The summed E-state index contributed by atoms with van der Waals surface area (Å²) in [5.74, 6) is -0.300. The van der Waals surface area contributed by atoms with E-state index in [1.54, 1.807) is 12.1 Å². The monoisotopic (exact) mass is 539 g/mol. The first-order chi connectivity index (χ1) is 19.3. The molecule has 7 heteroatoms. The summed E-state index contributed by atoms with van der Waals surface area (Å²) in [4.78, 5) is 16.7. The van der Waals surface area contributed by atoms with Crippen LogP contribution < -0.4 is 10.6 Å². The lowest BCUT2D eigenvalue weighted by atomic mass is 9.93. The van der Waals surface area contributed by atoms with Crippen molar-refractivity contribution in [1.29, 1.82) is 0 Å². The zero-order valence-electron chi connectivity index (χ0n) is 21.9. The smallest absolute Gasteiger partial charge is 0.361 e. The second-order valence-corrected chi connectivity index (χ2v) is 10.4. The van der Waals surface area contributed by atoms with Crippen LogP contribution in [0, 0.1) is 6.92 Å². The molecule has 202 valence electrons. The van der Waals surface area contributed by atoms with E-state index in [0.29, 0.717) is 28.4 Å². The van der Waals surface area contributed by atoms with Crippen molar-refractivity contribution in [3.63, 3.8) is 0 Å². The van der Waals surface area contributed by atoms with E-state index in [-0.39, 0.29) is 5.91 Å².